The van der Waals surface area contributed by atoms with Gasteiger partial charge in [0.15, 0.2) is 0 Å². The van der Waals surface area contributed by atoms with Crippen molar-refractivity contribution < 1.29 is 14.3 Å². The fourth-order valence-electron chi connectivity index (χ4n) is 1.38. The van der Waals surface area contributed by atoms with Gasteiger partial charge < -0.3 is 21.1 Å². The first-order chi connectivity index (χ1) is 8.65. The van der Waals surface area contributed by atoms with Gasteiger partial charge in [-0.25, -0.2) is 0 Å². The lowest BCUT2D eigenvalue weighted by atomic mass is 10.1. The number of carbonyl (C=O) groups excluding carboxylic acids is 2. The summed E-state index contributed by atoms with van der Waals surface area (Å²) in [5, 5.41) is 5.53. The van der Waals surface area contributed by atoms with Crippen LogP contribution in [0.1, 0.15) is 10.4 Å². The summed E-state index contributed by atoms with van der Waals surface area (Å²) in [5.41, 5.74) is 5.92. The number of nitrogens with two attached hydrogens (primary N) is 1. The average Bonchev–Trinajstić information content (AvgIpc) is 2.35. The van der Waals surface area contributed by atoms with Gasteiger partial charge in [-0.3, -0.25) is 9.59 Å². The van der Waals surface area contributed by atoms with Crippen molar-refractivity contribution in [3.63, 3.8) is 0 Å². The molecule has 98 valence electrons. The molecule has 0 saturated carbocycles. The number of hydrogen-bond acceptors (Lipinski definition) is 4. The molecule has 0 heterocycles. The Labute approximate surface area is 105 Å². The van der Waals surface area contributed by atoms with Crippen LogP contribution < -0.4 is 16.4 Å². The first-order valence-electron chi connectivity index (χ1n) is 5.53. The molecule has 0 unspecified atom stereocenters. The molecule has 1 rings (SSSR count). The molecule has 0 bridgehead atoms. The van der Waals surface area contributed by atoms with Crippen LogP contribution in [0.5, 0.6) is 0 Å². The molecule has 1 aromatic rings. The Bertz CT molecular complexity index is 421. The summed E-state index contributed by atoms with van der Waals surface area (Å²) >= 11 is 0. The van der Waals surface area contributed by atoms with E-state index >= 15 is 0 Å². The van der Waals surface area contributed by atoms with Crippen LogP contribution in [-0.4, -0.2) is 38.6 Å². The fraction of sp³-hybridized carbons (Fsp3) is 0.333. The number of ether oxygens (including phenoxy) is 1. The maximum atomic E-state index is 11.6. The molecule has 0 spiro atoms. The molecule has 4 N–H and O–H groups in total. The summed E-state index contributed by atoms with van der Waals surface area (Å²) in [6.07, 6.45) is 0. The Morgan fingerprint density at radius 1 is 1.33 bits per heavy atom. The summed E-state index contributed by atoms with van der Waals surface area (Å²) in [5.74, 6) is -0.807. The third-order valence-corrected chi connectivity index (χ3v) is 2.24. The normalized spacial score (nSPS) is 10.1. The molecule has 18 heavy (non-hydrogen) atoms. The predicted molar refractivity (Wildman–Crippen MR) is 68.3 cm³/mol. The van der Waals surface area contributed by atoms with Gasteiger partial charge in [-0.05, 0) is 12.1 Å². The van der Waals surface area contributed by atoms with E-state index in [1.165, 1.54) is 0 Å². The number of hydrogen-bond donors (Lipinski definition) is 3. The number of benzene rings is 1. The van der Waals surface area contributed by atoms with Gasteiger partial charge in [0.1, 0.15) is 0 Å². The van der Waals surface area contributed by atoms with Gasteiger partial charge in [0.05, 0.1) is 24.4 Å². The maximum Gasteiger partial charge on any atom is 0.250 e. The highest BCUT2D eigenvalue weighted by molar-refractivity contribution is 6.03. The SMILES string of the molecule is COCCNCC(=O)Nc1ccccc1C(N)=O. The van der Waals surface area contributed by atoms with Crippen LogP contribution in [0.3, 0.4) is 0 Å². The number of methoxy groups -OCH3 is 1. The molecule has 1 aromatic carbocycles. The van der Waals surface area contributed by atoms with Crippen LogP contribution in [0.2, 0.25) is 0 Å². The molecular formula is C12H17N3O3. The zero-order valence-corrected chi connectivity index (χ0v) is 10.2. The Hall–Kier alpha value is -1.92. The quantitative estimate of drug-likeness (QED) is 0.593. The van der Waals surface area contributed by atoms with Crippen molar-refractivity contribution in [2.45, 2.75) is 0 Å². The number of primary amides is 1. The van der Waals surface area contributed by atoms with Gasteiger partial charge in [-0.1, -0.05) is 12.1 Å². The summed E-state index contributed by atoms with van der Waals surface area (Å²) in [6.45, 7) is 1.27. The molecule has 0 radical (unpaired) electrons. The van der Waals surface area contributed by atoms with Crippen molar-refractivity contribution in [1.82, 2.24) is 5.32 Å². The van der Waals surface area contributed by atoms with E-state index in [9.17, 15) is 9.59 Å². The summed E-state index contributed by atoms with van der Waals surface area (Å²) < 4.78 is 4.84. The Morgan fingerprint density at radius 2 is 2.06 bits per heavy atom. The molecule has 0 aliphatic heterocycles. The molecule has 0 saturated heterocycles. The van der Waals surface area contributed by atoms with Gasteiger partial charge in [-0.15, -0.1) is 0 Å². The minimum Gasteiger partial charge on any atom is -0.383 e. The lowest BCUT2D eigenvalue weighted by Crippen LogP contribution is -2.31. The molecule has 0 aliphatic carbocycles. The Morgan fingerprint density at radius 3 is 2.72 bits per heavy atom. The van der Waals surface area contributed by atoms with E-state index in [1.807, 2.05) is 0 Å². The standard InChI is InChI=1S/C12H17N3O3/c1-18-7-6-14-8-11(16)15-10-5-3-2-4-9(10)12(13)17/h2-5,14H,6-8H2,1H3,(H2,13,17)(H,15,16). The van der Waals surface area contributed by atoms with Gasteiger partial charge in [0.25, 0.3) is 5.91 Å². The Balaban J connectivity index is 2.51. The number of para-hydroxylation sites is 1. The van der Waals surface area contributed by atoms with Crippen LogP contribution in [0.25, 0.3) is 0 Å². The second-order valence-corrected chi connectivity index (χ2v) is 3.63. The second kappa shape index (κ2) is 7.41. The van der Waals surface area contributed by atoms with Crippen LogP contribution >= 0.6 is 0 Å². The zero-order chi connectivity index (χ0) is 13.4. The molecule has 0 atom stereocenters. The third kappa shape index (κ3) is 4.52. The maximum absolute atomic E-state index is 11.6. The second-order valence-electron chi connectivity index (χ2n) is 3.63. The highest BCUT2D eigenvalue weighted by Crippen LogP contribution is 2.13. The van der Waals surface area contributed by atoms with E-state index in [0.717, 1.165) is 0 Å². The molecule has 0 fully saturated rings. The van der Waals surface area contributed by atoms with Crippen molar-refractivity contribution in [2.75, 3.05) is 32.1 Å². The van der Waals surface area contributed by atoms with Crippen molar-refractivity contribution in [3.05, 3.63) is 29.8 Å². The van der Waals surface area contributed by atoms with E-state index in [1.54, 1.807) is 31.4 Å². The van der Waals surface area contributed by atoms with E-state index in [4.69, 9.17) is 10.5 Å². The lowest BCUT2D eigenvalue weighted by molar-refractivity contribution is -0.115. The first kappa shape index (κ1) is 14.1. The topological polar surface area (TPSA) is 93.4 Å². The van der Waals surface area contributed by atoms with Gasteiger partial charge in [-0.2, -0.15) is 0 Å². The average molecular weight is 251 g/mol. The van der Waals surface area contributed by atoms with Gasteiger partial charge in [0, 0.05) is 13.7 Å². The minimum atomic E-state index is -0.571. The molecular weight excluding hydrogens is 234 g/mol. The summed E-state index contributed by atoms with van der Waals surface area (Å²) in [4.78, 5) is 22.7. The molecule has 0 aromatic heterocycles. The van der Waals surface area contributed by atoms with Crippen molar-refractivity contribution >= 4 is 17.5 Å². The van der Waals surface area contributed by atoms with Gasteiger partial charge in [0.2, 0.25) is 5.91 Å². The number of rotatable bonds is 7. The molecule has 0 aliphatic rings. The first-order valence-corrected chi connectivity index (χ1v) is 5.53. The highest BCUT2D eigenvalue weighted by Gasteiger charge is 2.09. The number of anilines is 1. The third-order valence-electron chi connectivity index (χ3n) is 2.24. The van der Waals surface area contributed by atoms with E-state index in [-0.39, 0.29) is 12.5 Å². The smallest absolute Gasteiger partial charge is 0.250 e. The van der Waals surface area contributed by atoms with Gasteiger partial charge >= 0.3 is 0 Å². The summed E-state index contributed by atoms with van der Waals surface area (Å²) in [6, 6.07) is 6.61. The van der Waals surface area contributed by atoms with Crippen molar-refractivity contribution in [3.8, 4) is 0 Å². The largest absolute Gasteiger partial charge is 0.383 e. The monoisotopic (exact) mass is 251 g/mol. The van der Waals surface area contributed by atoms with Crippen LogP contribution in [0, 0.1) is 0 Å². The predicted octanol–water partition coefficient (Wildman–Crippen LogP) is -0.0400. The van der Waals surface area contributed by atoms with Crippen molar-refractivity contribution in [1.29, 1.82) is 0 Å². The number of carbonyl (C=O) groups is 2. The molecule has 6 heteroatoms. The van der Waals surface area contributed by atoms with Crippen LogP contribution in [0.15, 0.2) is 24.3 Å². The zero-order valence-electron chi connectivity index (χ0n) is 10.2. The van der Waals surface area contributed by atoms with Crippen LogP contribution in [0.4, 0.5) is 5.69 Å². The number of nitrogens with one attached hydrogen (secondary N) is 2. The minimum absolute atomic E-state index is 0.149. The van der Waals surface area contributed by atoms with E-state index in [0.29, 0.717) is 24.4 Å². The van der Waals surface area contributed by atoms with Crippen LogP contribution in [-0.2, 0) is 9.53 Å². The van der Waals surface area contributed by atoms with E-state index < -0.39 is 5.91 Å². The van der Waals surface area contributed by atoms with Crippen molar-refractivity contribution in [2.24, 2.45) is 5.73 Å². The molecule has 2 amide bonds. The Kier molecular flexibility index (Phi) is 5.83. The lowest BCUT2D eigenvalue weighted by Gasteiger charge is -2.09. The fourth-order valence-corrected chi connectivity index (χ4v) is 1.38. The summed E-state index contributed by atoms with van der Waals surface area (Å²) in [7, 11) is 1.59. The number of amides is 2. The highest BCUT2D eigenvalue weighted by atomic mass is 16.5. The van der Waals surface area contributed by atoms with E-state index in [2.05, 4.69) is 10.6 Å². The molecule has 6 nitrogen and oxygen atoms in total.